The molecule has 1 heterocycles. The molecule has 1 aliphatic heterocycles. The molecule has 1 saturated heterocycles. The molecule has 0 spiro atoms. The Bertz CT molecular complexity index is 522. The Kier molecular flexibility index (Phi) is 4.91. The zero-order chi connectivity index (χ0) is 14.4. The lowest BCUT2D eigenvalue weighted by atomic mass is 10.2. The van der Waals surface area contributed by atoms with Crippen molar-refractivity contribution in [3.63, 3.8) is 0 Å². The van der Waals surface area contributed by atoms with Gasteiger partial charge in [-0.05, 0) is 25.0 Å². The first kappa shape index (κ1) is 14.3. The molecule has 0 aliphatic carbocycles. The Morgan fingerprint density at radius 3 is 3.15 bits per heavy atom. The number of carbonyl (C=O) groups is 1. The maximum absolute atomic E-state index is 13.7. The number of nitriles is 1. The number of para-hydroxylation sites is 1. The topological polar surface area (TPSA) is 71.4 Å². The van der Waals surface area contributed by atoms with Gasteiger partial charge in [0.05, 0.1) is 12.2 Å². The van der Waals surface area contributed by atoms with Crippen molar-refractivity contribution in [3.05, 3.63) is 24.0 Å². The van der Waals surface area contributed by atoms with Crippen molar-refractivity contribution in [2.24, 2.45) is 0 Å². The molecule has 20 heavy (non-hydrogen) atoms. The summed E-state index contributed by atoms with van der Waals surface area (Å²) in [5, 5.41) is 10.8. The third kappa shape index (κ3) is 3.68. The predicted molar refractivity (Wildman–Crippen MR) is 69.7 cm³/mol. The largest absolute Gasteiger partial charge is 0.489 e. The third-order valence-electron chi connectivity index (χ3n) is 2.93. The fourth-order valence-corrected chi connectivity index (χ4v) is 1.96. The molecule has 1 aromatic carbocycles. The van der Waals surface area contributed by atoms with Gasteiger partial charge in [0.15, 0.2) is 5.82 Å². The minimum atomic E-state index is -0.596. The summed E-state index contributed by atoms with van der Waals surface area (Å²) < 4.78 is 24.7. The molecule has 0 radical (unpaired) electrons. The number of hydrogen-bond acceptors (Lipinski definition) is 4. The number of carbonyl (C=O) groups excluding carboxylic acids is 1. The van der Waals surface area contributed by atoms with Crippen LogP contribution in [0.3, 0.4) is 0 Å². The molecular formula is C14H15FN2O3. The zero-order valence-corrected chi connectivity index (χ0v) is 10.9. The van der Waals surface area contributed by atoms with Crippen molar-refractivity contribution in [2.45, 2.75) is 25.4 Å². The normalized spacial score (nSPS) is 17.5. The van der Waals surface area contributed by atoms with E-state index in [1.54, 1.807) is 12.1 Å². The smallest absolute Gasteiger partial charge is 0.238 e. The van der Waals surface area contributed by atoms with Crippen molar-refractivity contribution < 1.29 is 18.7 Å². The highest BCUT2D eigenvalue weighted by Crippen LogP contribution is 2.28. The van der Waals surface area contributed by atoms with Gasteiger partial charge in [0.1, 0.15) is 24.5 Å². The fraction of sp³-hybridized carbons (Fsp3) is 0.429. The van der Waals surface area contributed by atoms with Gasteiger partial charge in [0.2, 0.25) is 5.91 Å². The number of benzene rings is 1. The Morgan fingerprint density at radius 1 is 1.60 bits per heavy atom. The van der Waals surface area contributed by atoms with Gasteiger partial charge < -0.3 is 14.8 Å². The van der Waals surface area contributed by atoms with Gasteiger partial charge in [-0.1, -0.05) is 6.07 Å². The van der Waals surface area contributed by atoms with E-state index in [2.05, 4.69) is 5.32 Å². The molecule has 106 valence electrons. The van der Waals surface area contributed by atoms with Crippen LogP contribution in [0.25, 0.3) is 0 Å². The van der Waals surface area contributed by atoms with E-state index in [9.17, 15) is 9.18 Å². The van der Waals surface area contributed by atoms with Gasteiger partial charge in [-0.15, -0.1) is 0 Å². The van der Waals surface area contributed by atoms with E-state index in [4.69, 9.17) is 14.7 Å². The van der Waals surface area contributed by atoms with E-state index in [0.717, 1.165) is 12.8 Å². The van der Waals surface area contributed by atoms with Crippen LogP contribution in [-0.4, -0.2) is 25.2 Å². The Labute approximate surface area is 116 Å². The number of ether oxygens (including phenoxy) is 2. The van der Waals surface area contributed by atoms with Crippen molar-refractivity contribution in [2.75, 3.05) is 18.5 Å². The summed E-state index contributed by atoms with van der Waals surface area (Å²) in [6.07, 6.45) is 1.56. The lowest BCUT2D eigenvalue weighted by molar-refractivity contribution is -0.115. The van der Waals surface area contributed by atoms with E-state index in [1.165, 1.54) is 12.1 Å². The zero-order valence-electron chi connectivity index (χ0n) is 10.9. The van der Waals surface area contributed by atoms with Crippen LogP contribution in [-0.2, 0) is 9.53 Å². The highest BCUT2D eigenvalue weighted by atomic mass is 19.1. The lowest BCUT2D eigenvalue weighted by Crippen LogP contribution is -2.18. The molecule has 0 aromatic heterocycles. The molecule has 6 heteroatoms. The first-order valence-electron chi connectivity index (χ1n) is 6.40. The first-order valence-corrected chi connectivity index (χ1v) is 6.40. The number of amides is 1. The van der Waals surface area contributed by atoms with Gasteiger partial charge >= 0.3 is 0 Å². The lowest BCUT2D eigenvalue weighted by Gasteiger charge is -2.15. The number of nitrogens with zero attached hydrogens (tertiary/aromatic N) is 1. The monoisotopic (exact) mass is 278 g/mol. The van der Waals surface area contributed by atoms with Crippen LogP contribution in [0.15, 0.2) is 18.2 Å². The molecular weight excluding hydrogens is 263 g/mol. The molecule has 1 aromatic rings. The quantitative estimate of drug-likeness (QED) is 0.896. The number of anilines is 1. The minimum Gasteiger partial charge on any atom is -0.489 e. The molecule has 1 unspecified atom stereocenters. The summed E-state index contributed by atoms with van der Waals surface area (Å²) in [6, 6.07) is 6.00. The second-order valence-electron chi connectivity index (χ2n) is 4.44. The molecule has 5 nitrogen and oxygen atoms in total. The van der Waals surface area contributed by atoms with Crippen LogP contribution < -0.4 is 10.1 Å². The second-order valence-corrected chi connectivity index (χ2v) is 4.44. The van der Waals surface area contributed by atoms with Crippen molar-refractivity contribution in [1.29, 1.82) is 5.26 Å². The van der Waals surface area contributed by atoms with Crippen LogP contribution in [0.5, 0.6) is 5.75 Å². The van der Waals surface area contributed by atoms with Gasteiger partial charge in [-0.3, -0.25) is 4.79 Å². The van der Waals surface area contributed by atoms with E-state index in [-0.39, 0.29) is 24.0 Å². The molecule has 2 rings (SSSR count). The van der Waals surface area contributed by atoms with E-state index >= 15 is 0 Å². The number of nitrogens with one attached hydrogen (secondary N) is 1. The maximum atomic E-state index is 13.7. The molecule has 1 fully saturated rings. The molecule has 0 saturated carbocycles. The van der Waals surface area contributed by atoms with E-state index in [0.29, 0.717) is 13.2 Å². The summed E-state index contributed by atoms with van der Waals surface area (Å²) in [7, 11) is 0. The molecule has 1 amide bonds. The van der Waals surface area contributed by atoms with Gasteiger partial charge in [0.25, 0.3) is 0 Å². The maximum Gasteiger partial charge on any atom is 0.238 e. The summed E-state index contributed by atoms with van der Waals surface area (Å²) in [5.41, 5.74) is -0.0363. The Balaban J connectivity index is 2.05. The fourth-order valence-electron chi connectivity index (χ4n) is 1.96. The van der Waals surface area contributed by atoms with Gasteiger partial charge in [-0.2, -0.15) is 5.26 Å². The Hall–Kier alpha value is -2.13. The van der Waals surface area contributed by atoms with Gasteiger partial charge in [0, 0.05) is 6.61 Å². The average Bonchev–Trinajstić information content (AvgIpc) is 2.93. The number of hydrogen-bond donors (Lipinski definition) is 1. The summed E-state index contributed by atoms with van der Waals surface area (Å²) in [5.74, 6) is -0.924. The molecule has 1 atom stereocenters. The van der Waals surface area contributed by atoms with Crippen molar-refractivity contribution in [1.82, 2.24) is 0 Å². The summed E-state index contributed by atoms with van der Waals surface area (Å²) in [4.78, 5) is 11.4. The van der Waals surface area contributed by atoms with Crippen LogP contribution in [0.4, 0.5) is 10.1 Å². The van der Waals surface area contributed by atoms with E-state index < -0.39 is 11.7 Å². The van der Waals surface area contributed by atoms with Crippen LogP contribution >= 0.6 is 0 Å². The highest BCUT2D eigenvalue weighted by molar-refractivity contribution is 5.93. The SMILES string of the molecule is N#CCC(=O)Nc1c(F)cccc1OCC1CCCO1. The third-order valence-corrected chi connectivity index (χ3v) is 2.93. The first-order chi connectivity index (χ1) is 9.70. The van der Waals surface area contributed by atoms with Crippen LogP contribution in [0, 0.1) is 17.1 Å². The standard InChI is InChI=1S/C14H15FN2O3/c15-11-4-1-5-12(14(11)17-13(18)6-7-16)20-9-10-3-2-8-19-10/h1,4-5,10H,2-3,6,8-9H2,(H,17,18). The molecule has 0 bridgehead atoms. The number of halogens is 1. The van der Waals surface area contributed by atoms with Crippen LogP contribution in [0.1, 0.15) is 19.3 Å². The van der Waals surface area contributed by atoms with Crippen molar-refractivity contribution in [3.8, 4) is 11.8 Å². The number of rotatable bonds is 5. The average molecular weight is 278 g/mol. The van der Waals surface area contributed by atoms with Crippen molar-refractivity contribution >= 4 is 11.6 Å². The Morgan fingerprint density at radius 2 is 2.45 bits per heavy atom. The van der Waals surface area contributed by atoms with Crippen LogP contribution in [0.2, 0.25) is 0 Å². The highest BCUT2D eigenvalue weighted by Gasteiger charge is 2.18. The van der Waals surface area contributed by atoms with Gasteiger partial charge in [-0.25, -0.2) is 4.39 Å². The second kappa shape index (κ2) is 6.87. The van der Waals surface area contributed by atoms with E-state index in [1.807, 2.05) is 0 Å². The minimum absolute atomic E-state index is 0.000859. The molecule has 1 N–H and O–H groups in total. The molecule has 1 aliphatic rings. The summed E-state index contributed by atoms with van der Waals surface area (Å²) in [6.45, 7) is 1.02. The summed E-state index contributed by atoms with van der Waals surface area (Å²) >= 11 is 0. The predicted octanol–water partition coefficient (Wildman–Crippen LogP) is 2.24.